The minimum atomic E-state index is -0.0338. The van der Waals surface area contributed by atoms with Gasteiger partial charge in [-0.1, -0.05) is 6.07 Å². The summed E-state index contributed by atoms with van der Waals surface area (Å²) in [6.45, 7) is 0.739. The van der Waals surface area contributed by atoms with E-state index in [1.165, 1.54) is 0 Å². The highest BCUT2D eigenvalue weighted by Gasteiger charge is 2.32. The molecule has 0 spiro atoms. The van der Waals surface area contributed by atoms with Gasteiger partial charge in [-0.25, -0.2) is 0 Å². The zero-order valence-electron chi connectivity index (χ0n) is 13.4. The van der Waals surface area contributed by atoms with E-state index >= 15 is 0 Å². The van der Waals surface area contributed by atoms with Gasteiger partial charge in [-0.3, -0.25) is 13.9 Å². The second-order valence-electron chi connectivity index (χ2n) is 5.96. The Morgan fingerprint density at radius 2 is 2.25 bits per heavy atom. The first kappa shape index (κ1) is 14.6. The number of nitrogens with zero attached hydrogens (tertiary/aromatic N) is 6. The maximum atomic E-state index is 12.6. The number of aromatic nitrogens is 5. The Morgan fingerprint density at radius 1 is 1.33 bits per heavy atom. The number of carbonyl (C=O) groups excluding carboxylic acids is 1. The van der Waals surface area contributed by atoms with Crippen LogP contribution in [0.25, 0.3) is 11.7 Å². The van der Waals surface area contributed by atoms with E-state index in [2.05, 4.69) is 15.3 Å². The maximum Gasteiger partial charge on any atom is 0.247 e. The molecule has 1 atom stereocenters. The molecule has 0 aromatic carbocycles. The van der Waals surface area contributed by atoms with E-state index in [1.54, 1.807) is 23.0 Å². The highest BCUT2D eigenvalue weighted by atomic mass is 16.2. The van der Waals surface area contributed by atoms with Gasteiger partial charge in [0.15, 0.2) is 11.5 Å². The third kappa shape index (κ3) is 2.58. The number of pyridine rings is 1. The van der Waals surface area contributed by atoms with E-state index in [0.717, 1.165) is 36.4 Å². The van der Waals surface area contributed by atoms with Gasteiger partial charge in [0, 0.05) is 37.6 Å². The number of likely N-dealkylation sites (tertiary alicyclic amines) is 1. The van der Waals surface area contributed by atoms with Crippen molar-refractivity contribution in [3.8, 4) is 0 Å². The standard InChI is InChI=1S/C17H18N6O/c1-21-12-13(11-18-21)7-8-16(24)22-10-4-5-14(22)17-20-19-15-6-2-3-9-23(15)17/h2-3,6-9,11-12,14H,4-5,10H2,1H3/b8-7+. The van der Waals surface area contributed by atoms with Gasteiger partial charge in [-0.2, -0.15) is 5.10 Å². The summed E-state index contributed by atoms with van der Waals surface area (Å²) < 4.78 is 3.67. The van der Waals surface area contributed by atoms with Crippen molar-refractivity contribution in [2.45, 2.75) is 18.9 Å². The number of fused-ring (bicyclic) bond motifs is 1. The van der Waals surface area contributed by atoms with E-state index in [1.807, 2.05) is 46.9 Å². The van der Waals surface area contributed by atoms with Crippen LogP contribution in [-0.4, -0.2) is 41.7 Å². The molecule has 1 aliphatic heterocycles. The van der Waals surface area contributed by atoms with Crippen LogP contribution in [0.2, 0.25) is 0 Å². The molecule has 122 valence electrons. The van der Waals surface area contributed by atoms with Crippen molar-refractivity contribution in [2.75, 3.05) is 6.54 Å². The fourth-order valence-corrected chi connectivity index (χ4v) is 3.18. The van der Waals surface area contributed by atoms with Crippen molar-refractivity contribution >= 4 is 17.6 Å². The molecule has 24 heavy (non-hydrogen) atoms. The van der Waals surface area contributed by atoms with Gasteiger partial charge in [0.25, 0.3) is 0 Å². The highest BCUT2D eigenvalue weighted by Crippen LogP contribution is 2.31. The largest absolute Gasteiger partial charge is 0.329 e. The van der Waals surface area contributed by atoms with Crippen LogP contribution in [0, 0.1) is 0 Å². The molecule has 7 heteroatoms. The number of hydrogen-bond donors (Lipinski definition) is 0. The first-order chi connectivity index (χ1) is 11.7. The molecular weight excluding hydrogens is 304 g/mol. The first-order valence-electron chi connectivity index (χ1n) is 7.99. The van der Waals surface area contributed by atoms with Gasteiger partial charge in [0.2, 0.25) is 5.91 Å². The van der Waals surface area contributed by atoms with Crippen molar-refractivity contribution < 1.29 is 4.79 Å². The van der Waals surface area contributed by atoms with Crippen LogP contribution in [0.15, 0.2) is 42.9 Å². The summed E-state index contributed by atoms with van der Waals surface area (Å²) in [7, 11) is 1.85. The summed E-state index contributed by atoms with van der Waals surface area (Å²) in [5.74, 6) is 0.820. The van der Waals surface area contributed by atoms with Crippen molar-refractivity contribution in [1.82, 2.24) is 29.3 Å². The molecular formula is C17H18N6O. The summed E-state index contributed by atoms with van der Waals surface area (Å²) in [6.07, 6.45) is 10.8. The quantitative estimate of drug-likeness (QED) is 0.690. The van der Waals surface area contributed by atoms with E-state index in [9.17, 15) is 4.79 Å². The Balaban J connectivity index is 1.58. The molecule has 1 aliphatic rings. The number of aryl methyl sites for hydroxylation is 1. The second kappa shape index (κ2) is 5.92. The van der Waals surface area contributed by atoms with Crippen LogP contribution in [0.5, 0.6) is 0 Å². The summed E-state index contributed by atoms with van der Waals surface area (Å²) in [5, 5.41) is 12.6. The van der Waals surface area contributed by atoms with Crippen molar-refractivity contribution in [2.24, 2.45) is 7.05 Å². The molecule has 0 N–H and O–H groups in total. The Hall–Kier alpha value is -2.96. The molecule has 1 fully saturated rings. The van der Waals surface area contributed by atoms with Gasteiger partial charge in [0.1, 0.15) is 0 Å². The molecule has 0 saturated carbocycles. The van der Waals surface area contributed by atoms with E-state index in [4.69, 9.17) is 0 Å². The minimum absolute atomic E-state index is 0.00552. The lowest BCUT2D eigenvalue weighted by molar-refractivity contribution is -0.127. The molecule has 1 unspecified atom stereocenters. The van der Waals surface area contributed by atoms with Gasteiger partial charge < -0.3 is 4.90 Å². The molecule has 0 bridgehead atoms. The van der Waals surface area contributed by atoms with Crippen LogP contribution in [0.1, 0.15) is 30.3 Å². The summed E-state index contributed by atoms with van der Waals surface area (Å²) in [4.78, 5) is 14.5. The normalized spacial score (nSPS) is 18.0. The van der Waals surface area contributed by atoms with Crippen LogP contribution in [-0.2, 0) is 11.8 Å². The van der Waals surface area contributed by atoms with Gasteiger partial charge >= 0.3 is 0 Å². The molecule has 4 rings (SSSR count). The lowest BCUT2D eigenvalue weighted by Crippen LogP contribution is -2.30. The number of rotatable bonds is 3. The lowest BCUT2D eigenvalue weighted by Gasteiger charge is -2.22. The number of amides is 1. The Labute approximate surface area is 139 Å². The van der Waals surface area contributed by atoms with Crippen LogP contribution in [0.4, 0.5) is 0 Å². The predicted octanol–water partition coefficient (Wildman–Crippen LogP) is 1.84. The van der Waals surface area contributed by atoms with Crippen LogP contribution >= 0.6 is 0 Å². The van der Waals surface area contributed by atoms with Crippen molar-refractivity contribution in [3.63, 3.8) is 0 Å². The third-order valence-electron chi connectivity index (χ3n) is 4.32. The lowest BCUT2D eigenvalue weighted by atomic mass is 10.2. The van der Waals surface area contributed by atoms with Crippen LogP contribution < -0.4 is 0 Å². The summed E-state index contributed by atoms with van der Waals surface area (Å²) >= 11 is 0. The van der Waals surface area contributed by atoms with E-state index in [0.29, 0.717) is 0 Å². The topological polar surface area (TPSA) is 68.3 Å². The minimum Gasteiger partial charge on any atom is -0.329 e. The maximum absolute atomic E-state index is 12.6. The molecule has 7 nitrogen and oxygen atoms in total. The fourth-order valence-electron chi connectivity index (χ4n) is 3.18. The zero-order valence-corrected chi connectivity index (χ0v) is 13.4. The molecule has 0 aliphatic carbocycles. The predicted molar refractivity (Wildman–Crippen MR) is 88.9 cm³/mol. The van der Waals surface area contributed by atoms with Gasteiger partial charge in [0.05, 0.1) is 12.2 Å². The van der Waals surface area contributed by atoms with E-state index in [-0.39, 0.29) is 11.9 Å². The van der Waals surface area contributed by atoms with Crippen LogP contribution in [0.3, 0.4) is 0 Å². The monoisotopic (exact) mass is 322 g/mol. The Kier molecular flexibility index (Phi) is 3.60. The number of hydrogen-bond acceptors (Lipinski definition) is 4. The summed E-state index contributed by atoms with van der Waals surface area (Å²) in [5.41, 5.74) is 1.72. The molecule has 0 radical (unpaired) electrons. The fraction of sp³-hybridized carbons (Fsp3) is 0.294. The first-order valence-corrected chi connectivity index (χ1v) is 7.99. The average molecular weight is 322 g/mol. The Morgan fingerprint density at radius 3 is 3.08 bits per heavy atom. The van der Waals surface area contributed by atoms with Crippen molar-refractivity contribution in [1.29, 1.82) is 0 Å². The highest BCUT2D eigenvalue weighted by molar-refractivity contribution is 5.92. The zero-order chi connectivity index (χ0) is 16.5. The second-order valence-corrected chi connectivity index (χ2v) is 5.96. The smallest absolute Gasteiger partial charge is 0.247 e. The molecule has 4 heterocycles. The van der Waals surface area contributed by atoms with Gasteiger partial charge in [-0.05, 0) is 31.1 Å². The molecule has 3 aromatic rings. The van der Waals surface area contributed by atoms with Gasteiger partial charge in [-0.15, -0.1) is 10.2 Å². The number of carbonyl (C=O) groups is 1. The molecule has 1 saturated heterocycles. The molecule has 1 amide bonds. The summed E-state index contributed by atoms with van der Waals surface area (Å²) in [6, 6.07) is 5.76. The van der Waals surface area contributed by atoms with Crippen molar-refractivity contribution in [3.05, 3.63) is 54.3 Å². The SMILES string of the molecule is Cn1cc(/C=C/C(=O)N2CCCC2c2nnc3ccccn23)cn1. The van der Waals surface area contributed by atoms with E-state index < -0.39 is 0 Å². The average Bonchev–Trinajstić information content (AvgIpc) is 3.31. The Bertz CT molecular complexity index is 909. The molecule has 3 aromatic heterocycles. The third-order valence-corrected chi connectivity index (χ3v) is 4.32.